The number of halogens is 1. The summed E-state index contributed by atoms with van der Waals surface area (Å²) in [4.78, 5) is 34.2. The molecule has 1 atom stereocenters. The SMILES string of the molecule is CC(C)C(=O)Nc1ccc2c(c1)C(c1ccc(Cl)cc1)N(c1ccc(N(C)Cc3ccncc3)cc1)C(=O)C2. The van der Waals surface area contributed by atoms with Gasteiger partial charge in [-0.15, -0.1) is 0 Å². The van der Waals surface area contributed by atoms with Crippen LogP contribution in [0, 0.1) is 5.92 Å². The normalized spacial score (nSPS) is 14.7. The number of hydrogen-bond donors (Lipinski definition) is 1. The number of pyridine rings is 1. The molecule has 1 N–H and O–H groups in total. The first-order chi connectivity index (χ1) is 18.8. The lowest BCUT2D eigenvalue weighted by Crippen LogP contribution is -2.41. The van der Waals surface area contributed by atoms with Crippen LogP contribution < -0.4 is 15.1 Å². The van der Waals surface area contributed by atoms with Gasteiger partial charge in [0.2, 0.25) is 11.8 Å². The van der Waals surface area contributed by atoms with Gasteiger partial charge in [-0.2, -0.15) is 0 Å². The van der Waals surface area contributed by atoms with Crippen LogP contribution in [0.4, 0.5) is 17.1 Å². The van der Waals surface area contributed by atoms with Crippen LogP contribution >= 0.6 is 11.6 Å². The molecule has 198 valence electrons. The van der Waals surface area contributed by atoms with Crippen molar-refractivity contribution in [2.75, 3.05) is 22.2 Å². The van der Waals surface area contributed by atoms with Crippen molar-refractivity contribution in [3.63, 3.8) is 0 Å². The molecule has 0 saturated heterocycles. The average Bonchev–Trinajstić information content (AvgIpc) is 2.93. The number of aromatic nitrogens is 1. The molecule has 2 heterocycles. The second-order valence-corrected chi connectivity index (χ2v) is 10.6. The first-order valence-electron chi connectivity index (χ1n) is 13.0. The molecule has 0 bridgehead atoms. The molecule has 1 aliphatic heterocycles. The Kier molecular flexibility index (Phi) is 7.66. The standard InChI is InChI=1S/C32H31ClN4O2/c1-21(2)32(39)35-26-9-6-24-18-30(38)37(31(29(24)19-26)23-4-7-25(33)8-5-23)28-12-10-27(11-13-28)36(3)20-22-14-16-34-17-15-22/h4-17,19,21,31H,18,20H2,1-3H3,(H,35,39). The molecule has 0 aliphatic carbocycles. The summed E-state index contributed by atoms with van der Waals surface area (Å²) in [6, 6.07) is 25.1. The van der Waals surface area contributed by atoms with Crippen molar-refractivity contribution in [1.82, 2.24) is 4.98 Å². The minimum atomic E-state index is -0.366. The highest BCUT2D eigenvalue weighted by molar-refractivity contribution is 6.30. The van der Waals surface area contributed by atoms with E-state index in [4.69, 9.17) is 11.6 Å². The van der Waals surface area contributed by atoms with E-state index in [0.717, 1.165) is 34.6 Å². The molecule has 0 saturated carbocycles. The summed E-state index contributed by atoms with van der Waals surface area (Å²) in [5.41, 5.74) is 6.62. The number of nitrogens with zero attached hydrogens (tertiary/aromatic N) is 3. The Morgan fingerprint density at radius 1 is 1.03 bits per heavy atom. The number of carbonyl (C=O) groups is 2. The van der Waals surface area contributed by atoms with Gasteiger partial charge in [-0.3, -0.25) is 14.6 Å². The number of rotatable bonds is 7. The Balaban J connectivity index is 1.51. The maximum atomic E-state index is 13.6. The van der Waals surface area contributed by atoms with Crippen molar-refractivity contribution < 1.29 is 9.59 Å². The lowest BCUT2D eigenvalue weighted by molar-refractivity contribution is -0.119. The van der Waals surface area contributed by atoms with Crippen molar-refractivity contribution in [3.05, 3.63) is 119 Å². The summed E-state index contributed by atoms with van der Waals surface area (Å²) in [6.45, 7) is 4.47. The van der Waals surface area contributed by atoms with Gasteiger partial charge in [0, 0.05) is 54.0 Å². The second kappa shape index (κ2) is 11.3. The zero-order valence-corrected chi connectivity index (χ0v) is 23.0. The third-order valence-corrected chi connectivity index (χ3v) is 7.28. The van der Waals surface area contributed by atoms with Gasteiger partial charge < -0.3 is 15.1 Å². The molecular formula is C32H31ClN4O2. The molecule has 0 radical (unpaired) electrons. The Labute approximate surface area is 234 Å². The van der Waals surface area contributed by atoms with Crippen molar-refractivity contribution in [1.29, 1.82) is 0 Å². The molecule has 1 unspecified atom stereocenters. The number of amides is 2. The fourth-order valence-electron chi connectivity index (χ4n) is 4.89. The minimum absolute atomic E-state index is 0.0132. The third-order valence-electron chi connectivity index (χ3n) is 7.02. The first kappa shape index (κ1) is 26.4. The minimum Gasteiger partial charge on any atom is -0.370 e. The topological polar surface area (TPSA) is 65.5 Å². The van der Waals surface area contributed by atoms with E-state index in [9.17, 15) is 9.59 Å². The molecule has 2 amide bonds. The van der Waals surface area contributed by atoms with Crippen LogP contribution in [0.15, 0.2) is 91.3 Å². The summed E-state index contributed by atoms with van der Waals surface area (Å²) in [5, 5.41) is 3.64. The molecule has 1 aliphatic rings. The van der Waals surface area contributed by atoms with E-state index in [-0.39, 0.29) is 30.2 Å². The number of nitrogens with one attached hydrogen (secondary N) is 1. The average molecular weight is 539 g/mol. The number of fused-ring (bicyclic) bond motifs is 1. The molecule has 0 fully saturated rings. The monoisotopic (exact) mass is 538 g/mol. The Morgan fingerprint density at radius 2 is 1.72 bits per heavy atom. The molecule has 3 aromatic carbocycles. The van der Waals surface area contributed by atoms with Gasteiger partial charge in [0.25, 0.3) is 0 Å². The lowest BCUT2D eigenvalue weighted by atomic mass is 9.87. The summed E-state index contributed by atoms with van der Waals surface area (Å²) in [5.74, 6) is -0.172. The second-order valence-electron chi connectivity index (χ2n) is 10.2. The maximum Gasteiger partial charge on any atom is 0.232 e. The van der Waals surface area contributed by atoms with Gasteiger partial charge in [-0.05, 0) is 82.9 Å². The quantitative estimate of drug-likeness (QED) is 0.286. The maximum absolute atomic E-state index is 13.6. The van der Waals surface area contributed by atoms with Gasteiger partial charge in [0.1, 0.15) is 0 Å². The van der Waals surface area contributed by atoms with E-state index in [1.165, 1.54) is 5.56 Å². The Morgan fingerprint density at radius 3 is 2.38 bits per heavy atom. The molecule has 7 heteroatoms. The van der Waals surface area contributed by atoms with Gasteiger partial charge in [0.15, 0.2) is 0 Å². The van der Waals surface area contributed by atoms with Gasteiger partial charge in [0.05, 0.1) is 12.5 Å². The van der Waals surface area contributed by atoms with Gasteiger partial charge in [-0.25, -0.2) is 0 Å². The van der Waals surface area contributed by atoms with E-state index in [0.29, 0.717) is 10.7 Å². The summed E-state index contributed by atoms with van der Waals surface area (Å²) in [7, 11) is 2.04. The first-order valence-corrected chi connectivity index (χ1v) is 13.4. The Hall–Kier alpha value is -4.16. The van der Waals surface area contributed by atoms with Crippen LogP contribution in [-0.2, 0) is 22.6 Å². The number of carbonyl (C=O) groups excluding carboxylic acids is 2. The van der Waals surface area contributed by atoms with Gasteiger partial charge >= 0.3 is 0 Å². The van der Waals surface area contributed by atoms with E-state index in [2.05, 4.69) is 15.2 Å². The van der Waals surface area contributed by atoms with Crippen molar-refractivity contribution >= 4 is 40.5 Å². The zero-order valence-electron chi connectivity index (χ0n) is 22.3. The van der Waals surface area contributed by atoms with Crippen LogP contribution in [0.3, 0.4) is 0 Å². The van der Waals surface area contributed by atoms with Crippen molar-refractivity contribution in [2.45, 2.75) is 32.9 Å². The predicted molar refractivity (Wildman–Crippen MR) is 157 cm³/mol. The number of hydrogen-bond acceptors (Lipinski definition) is 4. The molecule has 39 heavy (non-hydrogen) atoms. The highest BCUT2D eigenvalue weighted by Gasteiger charge is 2.35. The van der Waals surface area contributed by atoms with E-state index in [1.54, 1.807) is 12.4 Å². The molecule has 0 spiro atoms. The van der Waals surface area contributed by atoms with Crippen LogP contribution in [0.1, 0.15) is 42.1 Å². The zero-order chi connectivity index (χ0) is 27.5. The van der Waals surface area contributed by atoms with E-state index in [1.807, 2.05) is 105 Å². The van der Waals surface area contributed by atoms with Crippen LogP contribution in [-0.4, -0.2) is 23.8 Å². The molecule has 6 nitrogen and oxygen atoms in total. The molecular weight excluding hydrogens is 508 g/mol. The molecule has 5 rings (SSSR count). The molecule has 4 aromatic rings. The predicted octanol–water partition coefficient (Wildman–Crippen LogP) is 6.64. The highest BCUT2D eigenvalue weighted by Crippen LogP contribution is 2.40. The lowest BCUT2D eigenvalue weighted by Gasteiger charge is -2.38. The smallest absolute Gasteiger partial charge is 0.232 e. The number of anilines is 3. The fraction of sp³-hybridized carbons (Fsp3) is 0.219. The van der Waals surface area contributed by atoms with Crippen molar-refractivity contribution in [3.8, 4) is 0 Å². The van der Waals surface area contributed by atoms with Crippen LogP contribution in [0.2, 0.25) is 5.02 Å². The number of benzene rings is 3. The van der Waals surface area contributed by atoms with Crippen LogP contribution in [0.25, 0.3) is 0 Å². The fourth-order valence-corrected chi connectivity index (χ4v) is 5.02. The van der Waals surface area contributed by atoms with Crippen molar-refractivity contribution in [2.24, 2.45) is 5.92 Å². The highest BCUT2D eigenvalue weighted by atomic mass is 35.5. The van der Waals surface area contributed by atoms with Gasteiger partial charge in [-0.1, -0.05) is 43.6 Å². The van der Waals surface area contributed by atoms with Crippen LogP contribution in [0.5, 0.6) is 0 Å². The summed E-state index contributed by atoms with van der Waals surface area (Å²) in [6.07, 6.45) is 3.87. The molecule has 1 aromatic heterocycles. The largest absolute Gasteiger partial charge is 0.370 e. The third kappa shape index (κ3) is 5.81. The summed E-state index contributed by atoms with van der Waals surface area (Å²) < 4.78 is 0. The summed E-state index contributed by atoms with van der Waals surface area (Å²) >= 11 is 6.21. The van der Waals surface area contributed by atoms with E-state index >= 15 is 0 Å². The van der Waals surface area contributed by atoms with E-state index < -0.39 is 0 Å². The Bertz CT molecular complexity index is 1470.